The lowest BCUT2D eigenvalue weighted by atomic mass is 10.2. The van der Waals surface area contributed by atoms with Crippen molar-refractivity contribution in [3.05, 3.63) is 0 Å². The van der Waals surface area contributed by atoms with Gasteiger partial charge in [0.25, 0.3) is 0 Å². The molecule has 0 unspecified atom stereocenters. The van der Waals surface area contributed by atoms with Gasteiger partial charge in [0.1, 0.15) is 0 Å². The van der Waals surface area contributed by atoms with Gasteiger partial charge in [-0.1, -0.05) is 39.5 Å². The first-order valence-corrected chi connectivity index (χ1v) is 6.33. The Morgan fingerprint density at radius 2 is 1.00 bits per heavy atom. The van der Waals surface area contributed by atoms with E-state index < -0.39 is 0 Å². The second-order valence-corrected chi connectivity index (χ2v) is 3.91. The molecule has 0 aliphatic heterocycles. The summed E-state index contributed by atoms with van der Waals surface area (Å²) in [5.74, 6) is 0. The van der Waals surface area contributed by atoms with E-state index in [1.54, 1.807) is 0 Å². The highest BCUT2D eigenvalue weighted by Gasteiger charge is 1.88. The molecule has 86 valence electrons. The Kier molecular flexibility index (Phi) is 12.8. The quantitative estimate of drug-likeness (QED) is 0.501. The van der Waals surface area contributed by atoms with Crippen LogP contribution in [0.2, 0.25) is 0 Å². The monoisotopic (exact) mass is 200 g/mol. The smallest absolute Gasteiger partial charge is 0.00767 e. The van der Waals surface area contributed by atoms with Crippen LogP contribution in [0.15, 0.2) is 0 Å². The lowest BCUT2D eigenvalue weighted by Crippen LogP contribution is -2.28. The molecule has 2 nitrogen and oxygen atoms in total. The molecule has 0 radical (unpaired) electrons. The molecule has 0 aliphatic rings. The zero-order valence-electron chi connectivity index (χ0n) is 10.1. The Morgan fingerprint density at radius 1 is 0.571 bits per heavy atom. The van der Waals surface area contributed by atoms with Crippen LogP contribution in [0.1, 0.15) is 52.4 Å². The summed E-state index contributed by atoms with van der Waals surface area (Å²) in [6.07, 6.45) is 8.00. The van der Waals surface area contributed by atoms with Crippen molar-refractivity contribution >= 4 is 0 Å². The topological polar surface area (TPSA) is 24.1 Å². The number of hydrogen-bond acceptors (Lipinski definition) is 2. The summed E-state index contributed by atoms with van der Waals surface area (Å²) >= 11 is 0. The third-order valence-corrected chi connectivity index (χ3v) is 2.39. The van der Waals surface area contributed by atoms with Gasteiger partial charge < -0.3 is 10.6 Å². The Bertz CT molecular complexity index is 82.3. The summed E-state index contributed by atoms with van der Waals surface area (Å²) in [6, 6.07) is 0. The molecule has 0 atom stereocenters. The fourth-order valence-corrected chi connectivity index (χ4v) is 1.43. The molecule has 0 aliphatic carbocycles. The summed E-state index contributed by atoms with van der Waals surface area (Å²) in [5.41, 5.74) is 0. The van der Waals surface area contributed by atoms with Crippen LogP contribution in [-0.4, -0.2) is 26.2 Å². The molecule has 0 heterocycles. The van der Waals surface area contributed by atoms with Gasteiger partial charge in [0, 0.05) is 13.1 Å². The molecule has 0 aromatic rings. The van der Waals surface area contributed by atoms with E-state index in [1.165, 1.54) is 51.6 Å². The molecule has 2 heteroatoms. The first-order valence-electron chi connectivity index (χ1n) is 6.33. The second-order valence-electron chi connectivity index (χ2n) is 3.91. The number of nitrogens with one attached hydrogen (secondary N) is 2. The van der Waals surface area contributed by atoms with Crippen LogP contribution in [0.5, 0.6) is 0 Å². The van der Waals surface area contributed by atoms with Crippen LogP contribution in [0.3, 0.4) is 0 Å². The van der Waals surface area contributed by atoms with Crippen molar-refractivity contribution in [3.8, 4) is 0 Å². The average molecular weight is 200 g/mol. The van der Waals surface area contributed by atoms with Crippen LogP contribution in [0.25, 0.3) is 0 Å². The zero-order chi connectivity index (χ0) is 10.5. The number of hydrogen-bond donors (Lipinski definition) is 2. The van der Waals surface area contributed by atoms with Crippen molar-refractivity contribution in [2.75, 3.05) is 26.2 Å². The van der Waals surface area contributed by atoms with Gasteiger partial charge in [-0.25, -0.2) is 0 Å². The third-order valence-electron chi connectivity index (χ3n) is 2.39. The van der Waals surface area contributed by atoms with E-state index in [2.05, 4.69) is 24.5 Å². The van der Waals surface area contributed by atoms with Gasteiger partial charge in [-0.2, -0.15) is 0 Å². The van der Waals surface area contributed by atoms with Crippen LogP contribution < -0.4 is 10.6 Å². The van der Waals surface area contributed by atoms with Crippen molar-refractivity contribution in [1.82, 2.24) is 10.6 Å². The molecule has 14 heavy (non-hydrogen) atoms. The highest BCUT2D eigenvalue weighted by molar-refractivity contribution is 4.52. The van der Waals surface area contributed by atoms with Crippen molar-refractivity contribution < 1.29 is 0 Å². The summed E-state index contributed by atoms with van der Waals surface area (Å²) in [4.78, 5) is 0. The minimum atomic E-state index is 1.12. The van der Waals surface area contributed by atoms with Crippen molar-refractivity contribution in [2.45, 2.75) is 52.4 Å². The molecule has 0 saturated carbocycles. The zero-order valence-corrected chi connectivity index (χ0v) is 10.1. The first-order chi connectivity index (χ1) is 6.91. The third kappa shape index (κ3) is 11.9. The van der Waals surface area contributed by atoms with E-state index in [1.807, 2.05) is 0 Å². The molecule has 0 amide bonds. The molecular formula is C12H28N2. The molecule has 0 aromatic carbocycles. The molecule has 0 spiro atoms. The maximum Gasteiger partial charge on any atom is 0.00767 e. The average Bonchev–Trinajstić information content (AvgIpc) is 2.21. The molecule has 0 aromatic heterocycles. The van der Waals surface area contributed by atoms with E-state index in [4.69, 9.17) is 0 Å². The highest BCUT2D eigenvalue weighted by atomic mass is 14.9. The Balaban J connectivity index is 2.78. The van der Waals surface area contributed by atoms with Gasteiger partial charge >= 0.3 is 0 Å². The fraction of sp³-hybridized carbons (Fsp3) is 1.00. The fourth-order valence-electron chi connectivity index (χ4n) is 1.43. The minimum Gasteiger partial charge on any atom is -0.315 e. The van der Waals surface area contributed by atoms with Gasteiger partial charge in [0.2, 0.25) is 0 Å². The van der Waals surface area contributed by atoms with Gasteiger partial charge in [0.15, 0.2) is 0 Å². The van der Waals surface area contributed by atoms with E-state index >= 15 is 0 Å². The predicted molar refractivity (Wildman–Crippen MR) is 64.8 cm³/mol. The van der Waals surface area contributed by atoms with E-state index in [0.717, 1.165) is 13.1 Å². The molecule has 0 saturated heterocycles. The van der Waals surface area contributed by atoms with E-state index in [9.17, 15) is 0 Å². The van der Waals surface area contributed by atoms with Crippen molar-refractivity contribution in [3.63, 3.8) is 0 Å². The normalized spacial score (nSPS) is 10.7. The second kappa shape index (κ2) is 12.9. The van der Waals surface area contributed by atoms with Gasteiger partial charge in [-0.3, -0.25) is 0 Å². The summed E-state index contributed by atoms with van der Waals surface area (Å²) in [5, 5.41) is 6.90. The Labute approximate surface area is 89.9 Å². The largest absolute Gasteiger partial charge is 0.315 e. The number of rotatable bonds is 11. The molecular weight excluding hydrogens is 172 g/mol. The SMILES string of the molecule is CCCCCNCCNCCCCC. The summed E-state index contributed by atoms with van der Waals surface area (Å²) < 4.78 is 0. The molecule has 0 bridgehead atoms. The Morgan fingerprint density at radius 3 is 1.36 bits per heavy atom. The van der Waals surface area contributed by atoms with Crippen LogP contribution >= 0.6 is 0 Å². The van der Waals surface area contributed by atoms with Gasteiger partial charge in [0.05, 0.1) is 0 Å². The maximum absolute atomic E-state index is 3.45. The highest BCUT2D eigenvalue weighted by Crippen LogP contribution is 1.91. The summed E-state index contributed by atoms with van der Waals surface area (Å²) in [6.45, 7) is 9.10. The molecule has 0 fully saturated rings. The molecule has 0 rings (SSSR count). The van der Waals surface area contributed by atoms with Gasteiger partial charge in [-0.15, -0.1) is 0 Å². The van der Waals surface area contributed by atoms with Crippen LogP contribution in [0.4, 0.5) is 0 Å². The predicted octanol–water partition coefficient (Wildman–Crippen LogP) is 2.55. The first kappa shape index (κ1) is 13.9. The van der Waals surface area contributed by atoms with Crippen molar-refractivity contribution in [2.24, 2.45) is 0 Å². The minimum absolute atomic E-state index is 1.12. The lowest BCUT2D eigenvalue weighted by Gasteiger charge is -2.05. The van der Waals surface area contributed by atoms with Gasteiger partial charge in [-0.05, 0) is 25.9 Å². The summed E-state index contributed by atoms with van der Waals surface area (Å²) in [7, 11) is 0. The molecule has 2 N–H and O–H groups in total. The number of unbranched alkanes of at least 4 members (excludes halogenated alkanes) is 4. The standard InChI is InChI=1S/C12H28N2/c1-3-5-7-9-13-11-12-14-10-8-6-4-2/h13-14H,3-12H2,1-2H3. The maximum atomic E-state index is 3.45. The van der Waals surface area contributed by atoms with Crippen LogP contribution in [0, 0.1) is 0 Å². The van der Waals surface area contributed by atoms with E-state index in [0.29, 0.717) is 0 Å². The van der Waals surface area contributed by atoms with Crippen molar-refractivity contribution in [1.29, 1.82) is 0 Å². The lowest BCUT2D eigenvalue weighted by molar-refractivity contribution is 0.565. The van der Waals surface area contributed by atoms with E-state index in [-0.39, 0.29) is 0 Å². The van der Waals surface area contributed by atoms with Crippen LogP contribution in [-0.2, 0) is 0 Å². The Hall–Kier alpha value is -0.0800.